The zero-order valence-electron chi connectivity index (χ0n) is 18.7. The van der Waals surface area contributed by atoms with E-state index in [1.54, 1.807) is 24.3 Å². The average molecular weight is 443 g/mol. The zero-order chi connectivity index (χ0) is 22.8. The molecular formula is C24H31FN4O3. The summed E-state index contributed by atoms with van der Waals surface area (Å²) in [7, 11) is 0. The minimum atomic E-state index is -0.974. The summed E-state index contributed by atoms with van der Waals surface area (Å²) in [6.07, 6.45) is 3.95. The molecule has 1 aromatic heterocycles. The lowest BCUT2D eigenvalue weighted by Gasteiger charge is -2.31. The molecule has 1 fully saturated rings. The Hall–Kier alpha value is -2.90. The lowest BCUT2D eigenvalue weighted by Crippen LogP contribution is -2.33. The van der Waals surface area contributed by atoms with E-state index in [0.29, 0.717) is 17.2 Å². The summed E-state index contributed by atoms with van der Waals surface area (Å²) in [5.74, 6) is 0.456. The summed E-state index contributed by atoms with van der Waals surface area (Å²) in [6, 6.07) is 6.27. The van der Waals surface area contributed by atoms with Crippen LogP contribution in [0.4, 0.5) is 10.2 Å². The van der Waals surface area contributed by atoms with Crippen molar-refractivity contribution in [3.8, 4) is 0 Å². The van der Waals surface area contributed by atoms with Gasteiger partial charge in [0.05, 0.1) is 30.5 Å². The number of hydrogen-bond acceptors (Lipinski definition) is 4. The van der Waals surface area contributed by atoms with Gasteiger partial charge in [-0.3, -0.25) is 9.18 Å². The number of fused-ring (bicyclic) bond motifs is 1. The number of carboxylic acid groups (broad SMARTS) is 1. The highest BCUT2D eigenvalue weighted by Gasteiger charge is 2.32. The van der Waals surface area contributed by atoms with Crippen LogP contribution in [-0.2, 0) is 6.54 Å². The van der Waals surface area contributed by atoms with E-state index in [2.05, 4.69) is 15.3 Å². The lowest BCUT2D eigenvalue weighted by atomic mass is 9.82. The van der Waals surface area contributed by atoms with Gasteiger partial charge in [0.2, 0.25) is 0 Å². The summed E-state index contributed by atoms with van der Waals surface area (Å²) >= 11 is 0. The topological polar surface area (TPSA) is 87.5 Å². The maximum absolute atomic E-state index is 13.2. The summed E-state index contributed by atoms with van der Waals surface area (Å²) in [5.41, 5.74) is 2.37. The van der Waals surface area contributed by atoms with Gasteiger partial charge in [-0.15, -0.1) is 0 Å². The van der Waals surface area contributed by atoms with Crippen LogP contribution < -0.4 is 10.2 Å². The Morgan fingerprint density at radius 3 is 2.44 bits per heavy atom. The predicted molar refractivity (Wildman–Crippen MR) is 120 cm³/mol. The van der Waals surface area contributed by atoms with Crippen molar-refractivity contribution in [2.75, 3.05) is 24.7 Å². The van der Waals surface area contributed by atoms with Crippen LogP contribution in [0.15, 0.2) is 24.3 Å². The molecule has 0 bridgehead atoms. The third-order valence-electron chi connectivity index (χ3n) is 6.88. The first-order valence-electron chi connectivity index (χ1n) is 11.4. The number of benzene rings is 1. The fourth-order valence-corrected chi connectivity index (χ4v) is 4.96. The first-order valence-corrected chi connectivity index (χ1v) is 11.4. The van der Waals surface area contributed by atoms with Crippen molar-refractivity contribution < 1.29 is 19.1 Å². The molecule has 0 saturated heterocycles. The molecule has 32 heavy (non-hydrogen) atoms. The Labute approximate surface area is 187 Å². The molecule has 2 aliphatic rings. The molecule has 1 aliphatic carbocycles. The first-order chi connectivity index (χ1) is 15.4. The smallest absolute Gasteiger partial charge is 0.335 e. The van der Waals surface area contributed by atoms with E-state index in [1.807, 2.05) is 18.5 Å². The number of aryl methyl sites for hydroxylation is 1. The highest BCUT2D eigenvalue weighted by Crippen LogP contribution is 2.34. The maximum Gasteiger partial charge on any atom is 0.335 e. The summed E-state index contributed by atoms with van der Waals surface area (Å²) in [6.45, 7) is 5.99. The number of nitrogens with zero attached hydrogens (tertiary/aromatic N) is 3. The van der Waals surface area contributed by atoms with E-state index < -0.39 is 5.97 Å². The second-order valence-corrected chi connectivity index (χ2v) is 9.12. The quantitative estimate of drug-likeness (QED) is 0.677. The Kier molecular flexibility index (Phi) is 6.48. The van der Waals surface area contributed by atoms with Crippen LogP contribution in [0.2, 0.25) is 0 Å². The summed E-state index contributed by atoms with van der Waals surface area (Å²) in [5, 5.41) is 16.7. The Morgan fingerprint density at radius 1 is 1.16 bits per heavy atom. The maximum atomic E-state index is 13.2. The van der Waals surface area contributed by atoms with E-state index in [-0.39, 0.29) is 30.1 Å². The van der Waals surface area contributed by atoms with Crippen molar-refractivity contribution in [2.24, 2.45) is 11.8 Å². The predicted octanol–water partition coefficient (Wildman–Crippen LogP) is 3.98. The van der Waals surface area contributed by atoms with Crippen LogP contribution in [0.25, 0.3) is 0 Å². The van der Waals surface area contributed by atoms with Gasteiger partial charge >= 0.3 is 5.97 Å². The van der Waals surface area contributed by atoms with Crippen molar-refractivity contribution in [3.05, 3.63) is 46.6 Å². The number of amides is 1. The van der Waals surface area contributed by atoms with Gasteiger partial charge in [0.15, 0.2) is 0 Å². The zero-order valence-corrected chi connectivity index (χ0v) is 18.7. The van der Waals surface area contributed by atoms with Crippen molar-refractivity contribution in [1.82, 2.24) is 15.1 Å². The average Bonchev–Trinajstić information content (AvgIpc) is 3.32. The van der Waals surface area contributed by atoms with Crippen LogP contribution >= 0.6 is 0 Å². The second kappa shape index (κ2) is 9.30. The molecular weight excluding hydrogens is 411 g/mol. The standard InChI is InChI=1S/C24H31FN4O3/c1-15(19-7-9-20(10-8-19)24(31)32)26-22(30)21-16(2)27-29-12-11-28(23(21)29)14-18-5-3-17(13-25)4-6-18/h7-10,15,17-18H,3-6,11-14H2,1-2H3,(H,26,30)(H,31,32)/t15-,17?,18?/m0/s1. The van der Waals surface area contributed by atoms with Crippen LogP contribution in [0, 0.1) is 18.8 Å². The van der Waals surface area contributed by atoms with E-state index in [1.165, 1.54) is 0 Å². The molecule has 0 spiro atoms. The molecule has 4 rings (SSSR count). The minimum absolute atomic E-state index is 0.174. The number of anilines is 1. The number of aromatic nitrogens is 2. The van der Waals surface area contributed by atoms with E-state index >= 15 is 0 Å². The Balaban J connectivity index is 1.46. The second-order valence-electron chi connectivity index (χ2n) is 9.12. The Bertz CT molecular complexity index is 980. The van der Waals surface area contributed by atoms with Crippen molar-refractivity contribution in [1.29, 1.82) is 0 Å². The first kappa shape index (κ1) is 22.3. The van der Waals surface area contributed by atoms with Gasteiger partial charge in [0.1, 0.15) is 11.4 Å². The number of halogens is 1. The summed E-state index contributed by atoms with van der Waals surface area (Å²) < 4.78 is 14.9. The molecule has 1 amide bonds. The molecule has 0 unspecified atom stereocenters. The number of alkyl halides is 1. The number of carbonyl (C=O) groups excluding carboxylic acids is 1. The molecule has 2 N–H and O–H groups in total. The molecule has 1 aliphatic heterocycles. The fourth-order valence-electron chi connectivity index (χ4n) is 4.96. The van der Waals surface area contributed by atoms with Crippen molar-refractivity contribution in [2.45, 2.75) is 52.1 Å². The van der Waals surface area contributed by atoms with Crippen molar-refractivity contribution >= 4 is 17.7 Å². The molecule has 7 nitrogen and oxygen atoms in total. The van der Waals surface area contributed by atoms with Crippen LogP contribution in [0.5, 0.6) is 0 Å². The molecule has 1 aromatic carbocycles. The van der Waals surface area contributed by atoms with Crippen LogP contribution in [0.1, 0.15) is 70.6 Å². The van der Waals surface area contributed by atoms with Crippen LogP contribution in [0.3, 0.4) is 0 Å². The molecule has 8 heteroatoms. The lowest BCUT2D eigenvalue weighted by molar-refractivity contribution is 0.0696. The molecule has 2 aromatic rings. The van der Waals surface area contributed by atoms with Gasteiger partial charge in [-0.2, -0.15) is 5.10 Å². The van der Waals surface area contributed by atoms with Gasteiger partial charge in [-0.1, -0.05) is 12.1 Å². The molecule has 0 radical (unpaired) electrons. The van der Waals surface area contributed by atoms with E-state index in [4.69, 9.17) is 5.11 Å². The number of hydrogen-bond donors (Lipinski definition) is 2. The third-order valence-corrected chi connectivity index (χ3v) is 6.88. The minimum Gasteiger partial charge on any atom is -0.478 e. The number of carboxylic acids is 1. The highest BCUT2D eigenvalue weighted by atomic mass is 19.1. The van der Waals surface area contributed by atoms with Gasteiger partial charge in [-0.05, 0) is 69.1 Å². The third kappa shape index (κ3) is 4.49. The number of nitrogens with one attached hydrogen (secondary N) is 1. The van der Waals surface area contributed by atoms with Gasteiger partial charge in [0.25, 0.3) is 5.91 Å². The van der Waals surface area contributed by atoms with Crippen LogP contribution in [-0.4, -0.2) is 46.5 Å². The molecule has 172 valence electrons. The number of rotatable bonds is 7. The normalized spacial score (nSPS) is 21.3. The van der Waals surface area contributed by atoms with E-state index in [0.717, 1.165) is 56.7 Å². The number of aromatic carboxylic acids is 1. The van der Waals surface area contributed by atoms with Gasteiger partial charge in [0, 0.05) is 13.1 Å². The highest BCUT2D eigenvalue weighted by molar-refractivity contribution is 6.00. The van der Waals surface area contributed by atoms with Gasteiger partial charge < -0.3 is 15.3 Å². The Morgan fingerprint density at radius 2 is 1.81 bits per heavy atom. The fraction of sp³-hybridized carbons (Fsp3) is 0.542. The van der Waals surface area contributed by atoms with Gasteiger partial charge in [-0.25, -0.2) is 9.48 Å². The molecule has 2 heterocycles. The molecule has 1 saturated carbocycles. The number of carbonyl (C=O) groups is 2. The molecule has 1 atom stereocenters. The van der Waals surface area contributed by atoms with E-state index in [9.17, 15) is 14.0 Å². The largest absolute Gasteiger partial charge is 0.478 e. The monoisotopic (exact) mass is 442 g/mol. The summed E-state index contributed by atoms with van der Waals surface area (Å²) in [4.78, 5) is 26.6. The SMILES string of the molecule is Cc1nn2c(c1C(=O)N[C@@H](C)c1ccc(C(=O)O)cc1)N(CC1CCC(CF)CC1)CC2. The van der Waals surface area contributed by atoms with Crippen molar-refractivity contribution in [3.63, 3.8) is 0 Å².